The fourth-order valence-corrected chi connectivity index (χ4v) is 7.30. The maximum Gasteiger partial charge on any atom is 0.0437 e. The highest BCUT2D eigenvalue weighted by Gasteiger charge is 2.58. The van der Waals surface area contributed by atoms with Gasteiger partial charge in [0.25, 0.3) is 0 Å². The van der Waals surface area contributed by atoms with Gasteiger partial charge >= 0.3 is 0 Å². The van der Waals surface area contributed by atoms with Crippen LogP contribution < -0.4 is 5.84 Å². The van der Waals surface area contributed by atoms with Crippen LogP contribution in [0.4, 0.5) is 0 Å². The van der Waals surface area contributed by atoms with Crippen molar-refractivity contribution in [2.45, 2.75) is 78.1 Å². The van der Waals surface area contributed by atoms with Gasteiger partial charge in [-0.3, -0.25) is 0 Å². The largest absolute Gasteiger partial charge is 0.323 e. The van der Waals surface area contributed by atoms with Gasteiger partial charge < -0.3 is 5.84 Å². The van der Waals surface area contributed by atoms with E-state index in [0.717, 1.165) is 23.7 Å². The van der Waals surface area contributed by atoms with Crippen LogP contribution in [0.15, 0.2) is 5.10 Å². The quantitative estimate of drug-likeness (QED) is 0.507. The lowest BCUT2D eigenvalue weighted by molar-refractivity contribution is -0.0936. The van der Waals surface area contributed by atoms with Gasteiger partial charge in [-0.1, -0.05) is 26.7 Å². The molecule has 0 amide bonds. The van der Waals surface area contributed by atoms with Crippen LogP contribution in [0.2, 0.25) is 0 Å². The van der Waals surface area contributed by atoms with E-state index in [-0.39, 0.29) is 0 Å². The summed E-state index contributed by atoms with van der Waals surface area (Å²) in [5, 5.41) is 4.20. The molecule has 4 aliphatic carbocycles. The predicted octanol–water partition coefficient (Wildman–Crippen LogP) is 4.73. The minimum atomic E-state index is 0.341. The third-order valence-corrected chi connectivity index (χ3v) is 8.48. The number of fused-ring (bicyclic) bond motifs is 5. The monoisotopic (exact) mass is 288 g/mol. The Morgan fingerprint density at radius 2 is 1.81 bits per heavy atom. The van der Waals surface area contributed by atoms with Crippen molar-refractivity contribution in [2.75, 3.05) is 0 Å². The first-order valence-electron chi connectivity index (χ1n) is 9.37. The molecule has 0 unspecified atom stereocenters. The highest BCUT2D eigenvalue weighted by molar-refractivity contribution is 5.92. The summed E-state index contributed by atoms with van der Waals surface area (Å²) in [6, 6.07) is 0. The standard InChI is InChI=1S/C19H32N2/c1-18-11-4-3-5-13(18)6-7-14-15-8-9-17(21-20)19(15,2)12-10-16(14)18/h13-16H,3-12,20H2,1-2H3/b21-17-/t13-,14-,15+,16-,18+,19+/m1/s1. The molecule has 0 heterocycles. The number of hydrogen-bond acceptors (Lipinski definition) is 2. The van der Waals surface area contributed by atoms with Crippen LogP contribution in [0.25, 0.3) is 0 Å². The van der Waals surface area contributed by atoms with Crippen molar-refractivity contribution in [3.63, 3.8) is 0 Å². The molecule has 0 radical (unpaired) electrons. The lowest BCUT2D eigenvalue weighted by atomic mass is 9.45. The van der Waals surface area contributed by atoms with Gasteiger partial charge in [-0.2, -0.15) is 5.10 Å². The van der Waals surface area contributed by atoms with Crippen molar-refractivity contribution in [1.82, 2.24) is 0 Å². The molecule has 4 rings (SSSR count). The number of nitrogens with zero attached hydrogens (tertiary/aromatic N) is 1. The van der Waals surface area contributed by atoms with Crippen LogP contribution in [0.3, 0.4) is 0 Å². The molecular formula is C19H32N2. The van der Waals surface area contributed by atoms with E-state index in [1.165, 1.54) is 69.9 Å². The van der Waals surface area contributed by atoms with Crippen molar-refractivity contribution < 1.29 is 0 Å². The van der Waals surface area contributed by atoms with Gasteiger partial charge in [0.1, 0.15) is 0 Å². The highest BCUT2D eigenvalue weighted by Crippen LogP contribution is 2.65. The molecule has 0 spiro atoms. The second-order valence-electron chi connectivity index (χ2n) is 8.97. The summed E-state index contributed by atoms with van der Waals surface area (Å²) in [5.74, 6) is 9.57. The Kier molecular flexibility index (Phi) is 3.17. The zero-order chi connectivity index (χ0) is 14.7. The van der Waals surface area contributed by atoms with E-state index >= 15 is 0 Å². The molecule has 2 nitrogen and oxygen atoms in total. The van der Waals surface area contributed by atoms with E-state index < -0.39 is 0 Å². The normalized spacial score (nSPS) is 54.9. The number of nitrogens with two attached hydrogens (primary N) is 1. The van der Waals surface area contributed by atoms with Crippen molar-refractivity contribution in [1.29, 1.82) is 0 Å². The zero-order valence-corrected chi connectivity index (χ0v) is 13.9. The van der Waals surface area contributed by atoms with E-state index in [1.54, 1.807) is 0 Å². The second-order valence-corrected chi connectivity index (χ2v) is 8.97. The lowest BCUT2D eigenvalue weighted by Crippen LogP contribution is -2.52. The second kappa shape index (κ2) is 4.73. The smallest absolute Gasteiger partial charge is 0.0437 e. The molecule has 6 atom stereocenters. The average Bonchev–Trinajstić information content (AvgIpc) is 2.83. The highest BCUT2D eigenvalue weighted by atomic mass is 15.1. The topological polar surface area (TPSA) is 38.4 Å². The summed E-state index contributed by atoms with van der Waals surface area (Å²) in [4.78, 5) is 0. The summed E-state index contributed by atoms with van der Waals surface area (Å²) in [5.41, 5.74) is 2.33. The number of hydrogen-bond donors (Lipinski definition) is 1. The van der Waals surface area contributed by atoms with Gasteiger partial charge in [0.05, 0.1) is 0 Å². The van der Waals surface area contributed by atoms with Crippen LogP contribution in [0.5, 0.6) is 0 Å². The average molecular weight is 288 g/mol. The van der Waals surface area contributed by atoms with E-state index in [2.05, 4.69) is 18.9 Å². The van der Waals surface area contributed by atoms with Gasteiger partial charge in [0, 0.05) is 11.1 Å². The van der Waals surface area contributed by atoms with E-state index in [1.807, 2.05) is 0 Å². The number of hydrazone groups is 1. The lowest BCUT2D eigenvalue weighted by Gasteiger charge is -2.59. The molecule has 4 aliphatic rings. The molecule has 0 saturated heterocycles. The molecule has 0 aromatic carbocycles. The third-order valence-electron chi connectivity index (χ3n) is 8.48. The Morgan fingerprint density at radius 1 is 0.952 bits per heavy atom. The summed E-state index contributed by atoms with van der Waals surface area (Å²) < 4.78 is 0. The summed E-state index contributed by atoms with van der Waals surface area (Å²) in [6.07, 6.45) is 14.3. The molecule has 21 heavy (non-hydrogen) atoms. The predicted molar refractivity (Wildman–Crippen MR) is 88.0 cm³/mol. The van der Waals surface area contributed by atoms with Gasteiger partial charge in [-0.05, 0) is 80.5 Å². The fourth-order valence-electron chi connectivity index (χ4n) is 7.30. The Balaban J connectivity index is 1.66. The van der Waals surface area contributed by atoms with Crippen LogP contribution in [-0.4, -0.2) is 5.71 Å². The molecule has 4 fully saturated rings. The maximum absolute atomic E-state index is 5.71. The molecule has 0 aliphatic heterocycles. The van der Waals surface area contributed by atoms with Crippen LogP contribution >= 0.6 is 0 Å². The minimum absolute atomic E-state index is 0.341. The Morgan fingerprint density at radius 3 is 2.62 bits per heavy atom. The van der Waals surface area contributed by atoms with Crippen molar-refractivity contribution in [2.24, 2.45) is 45.4 Å². The molecule has 2 heteroatoms. The first kappa shape index (κ1) is 14.1. The molecule has 0 aromatic heterocycles. The number of rotatable bonds is 0. The first-order chi connectivity index (χ1) is 10.1. The third kappa shape index (κ3) is 1.80. The summed E-state index contributed by atoms with van der Waals surface area (Å²) in [7, 11) is 0. The molecule has 2 N–H and O–H groups in total. The fraction of sp³-hybridized carbons (Fsp3) is 0.947. The van der Waals surface area contributed by atoms with E-state index in [0.29, 0.717) is 10.8 Å². The summed E-state index contributed by atoms with van der Waals surface area (Å²) in [6.45, 7) is 5.13. The van der Waals surface area contributed by atoms with Crippen molar-refractivity contribution in [3.8, 4) is 0 Å². The molecule has 0 aromatic rings. The van der Waals surface area contributed by atoms with Gasteiger partial charge in [0.2, 0.25) is 0 Å². The van der Waals surface area contributed by atoms with E-state index in [9.17, 15) is 0 Å². The van der Waals surface area contributed by atoms with Crippen LogP contribution in [0.1, 0.15) is 78.1 Å². The molecular weight excluding hydrogens is 256 g/mol. The van der Waals surface area contributed by atoms with Gasteiger partial charge in [-0.25, -0.2) is 0 Å². The summed E-state index contributed by atoms with van der Waals surface area (Å²) >= 11 is 0. The Hall–Kier alpha value is -0.530. The minimum Gasteiger partial charge on any atom is -0.323 e. The van der Waals surface area contributed by atoms with Crippen LogP contribution in [-0.2, 0) is 0 Å². The molecule has 0 bridgehead atoms. The molecule has 118 valence electrons. The Labute approximate surface area is 129 Å². The van der Waals surface area contributed by atoms with Crippen molar-refractivity contribution in [3.05, 3.63) is 0 Å². The SMILES string of the molecule is C[C@]12CCCC[C@@H]1CC[C@H]1[C@H]2CC[C@]2(C)/C(=N\N)CC[C@@H]12. The van der Waals surface area contributed by atoms with E-state index in [4.69, 9.17) is 5.84 Å². The van der Waals surface area contributed by atoms with Gasteiger partial charge in [0.15, 0.2) is 0 Å². The van der Waals surface area contributed by atoms with Crippen LogP contribution in [0, 0.1) is 34.5 Å². The zero-order valence-electron chi connectivity index (χ0n) is 13.9. The maximum atomic E-state index is 5.71. The first-order valence-corrected chi connectivity index (χ1v) is 9.37. The Bertz CT molecular complexity index is 456. The van der Waals surface area contributed by atoms with Gasteiger partial charge in [-0.15, -0.1) is 0 Å². The van der Waals surface area contributed by atoms with Crippen molar-refractivity contribution >= 4 is 5.71 Å². The molecule has 4 saturated carbocycles.